The third kappa shape index (κ3) is 7.29. The van der Waals surface area contributed by atoms with E-state index in [1.54, 1.807) is 36.1 Å². The van der Waals surface area contributed by atoms with Crippen molar-refractivity contribution in [2.24, 2.45) is 5.92 Å². The first-order chi connectivity index (χ1) is 11.5. The normalized spacial score (nSPS) is 11.8. The van der Waals surface area contributed by atoms with Crippen LogP contribution in [0.5, 0.6) is 0 Å². The Morgan fingerprint density at radius 2 is 1.92 bits per heavy atom. The third-order valence-electron chi connectivity index (χ3n) is 3.46. The predicted octanol–water partition coefficient (Wildman–Crippen LogP) is 1.53. The number of benzene rings is 1. The molecule has 0 radical (unpaired) electrons. The average molecular weight is 358 g/mol. The highest BCUT2D eigenvalue weighted by Gasteiger charge is 2.21. The van der Waals surface area contributed by atoms with Crippen LogP contribution in [0.25, 0.3) is 0 Å². The molecule has 0 saturated heterocycles. The van der Waals surface area contributed by atoms with Crippen LogP contribution in [0, 0.1) is 5.92 Å². The Bertz CT molecular complexity index is 520. The van der Waals surface area contributed by atoms with E-state index in [2.05, 4.69) is 0 Å². The number of ether oxygens (including phenoxy) is 2. The van der Waals surface area contributed by atoms with Crippen LogP contribution in [-0.2, 0) is 25.5 Å². The zero-order valence-electron chi connectivity index (χ0n) is 14.0. The van der Waals surface area contributed by atoms with Gasteiger partial charge in [0.1, 0.15) is 0 Å². The maximum Gasteiger partial charge on any atom is 0.310 e. The molecule has 0 bridgehead atoms. The van der Waals surface area contributed by atoms with Crippen LogP contribution < -0.4 is 0 Å². The van der Waals surface area contributed by atoms with Gasteiger partial charge in [-0.2, -0.15) is 0 Å². The second-order valence-electron chi connectivity index (χ2n) is 5.40. The van der Waals surface area contributed by atoms with Gasteiger partial charge in [0.2, 0.25) is 5.91 Å². The molecule has 1 aromatic rings. The highest BCUT2D eigenvalue weighted by molar-refractivity contribution is 6.30. The lowest BCUT2D eigenvalue weighted by Gasteiger charge is -2.25. The number of methoxy groups -OCH3 is 1. The summed E-state index contributed by atoms with van der Waals surface area (Å²) in [6.07, 6.45) is 0.213. The number of carbonyl (C=O) groups excluding carboxylic acids is 2. The molecule has 1 rings (SSSR count). The second-order valence-corrected chi connectivity index (χ2v) is 5.84. The van der Waals surface area contributed by atoms with Gasteiger partial charge in [0.15, 0.2) is 0 Å². The van der Waals surface area contributed by atoms with Crippen LogP contribution in [0.2, 0.25) is 5.02 Å². The van der Waals surface area contributed by atoms with Crippen molar-refractivity contribution >= 4 is 23.5 Å². The van der Waals surface area contributed by atoms with Crippen molar-refractivity contribution in [3.05, 3.63) is 34.9 Å². The maximum absolute atomic E-state index is 12.5. The lowest BCUT2D eigenvalue weighted by atomic mass is 10.1. The third-order valence-corrected chi connectivity index (χ3v) is 3.71. The van der Waals surface area contributed by atoms with E-state index in [1.807, 2.05) is 0 Å². The molecule has 7 heteroatoms. The average Bonchev–Trinajstić information content (AvgIpc) is 2.58. The summed E-state index contributed by atoms with van der Waals surface area (Å²) in [5.41, 5.74) is 0.844. The molecule has 0 spiro atoms. The number of aliphatic hydroxyl groups excluding tert-OH is 1. The number of carbonyl (C=O) groups is 2. The van der Waals surface area contributed by atoms with Crippen LogP contribution in [0.15, 0.2) is 24.3 Å². The minimum atomic E-state index is -0.429. The molecule has 0 saturated carbocycles. The molecular formula is C17H24ClNO5. The van der Waals surface area contributed by atoms with Gasteiger partial charge >= 0.3 is 5.97 Å². The van der Waals surface area contributed by atoms with E-state index in [0.717, 1.165) is 5.56 Å². The van der Waals surface area contributed by atoms with Gasteiger partial charge in [-0.05, 0) is 17.7 Å². The summed E-state index contributed by atoms with van der Waals surface area (Å²) in [6, 6.07) is 7.06. The minimum absolute atomic E-state index is 0.0721. The first kappa shape index (κ1) is 20.4. The Labute approximate surface area is 147 Å². The standard InChI is InChI=1S/C17H24ClNO5/c1-13(17(22)23-2)12-19(7-9-24-10-8-20)16(21)11-14-3-5-15(18)6-4-14/h3-6,13,20H,7-12H2,1-2H3. The van der Waals surface area contributed by atoms with Gasteiger partial charge in [0.05, 0.1) is 39.3 Å². The van der Waals surface area contributed by atoms with Crippen molar-refractivity contribution in [1.82, 2.24) is 4.90 Å². The Kier molecular flexibility index (Phi) is 9.37. The molecule has 0 aliphatic heterocycles. The van der Waals surface area contributed by atoms with Gasteiger partial charge < -0.3 is 19.5 Å². The van der Waals surface area contributed by atoms with E-state index in [9.17, 15) is 9.59 Å². The Hall–Kier alpha value is -1.63. The summed E-state index contributed by atoms with van der Waals surface area (Å²) in [7, 11) is 1.32. The lowest BCUT2D eigenvalue weighted by Crippen LogP contribution is -2.40. The number of aliphatic hydroxyl groups is 1. The fraction of sp³-hybridized carbons (Fsp3) is 0.529. The smallest absolute Gasteiger partial charge is 0.310 e. The summed E-state index contributed by atoms with van der Waals surface area (Å²) in [6.45, 7) is 2.74. The monoisotopic (exact) mass is 357 g/mol. The molecule has 1 amide bonds. The number of halogens is 1. The van der Waals surface area contributed by atoms with Crippen molar-refractivity contribution in [2.45, 2.75) is 13.3 Å². The summed E-state index contributed by atoms with van der Waals surface area (Å²) >= 11 is 5.84. The molecule has 6 nitrogen and oxygen atoms in total. The van der Waals surface area contributed by atoms with Gasteiger partial charge in [-0.15, -0.1) is 0 Å². The quantitative estimate of drug-likeness (QED) is 0.507. The van der Waals surface area contributed by atoms with Crippen molar-refractivity contribution in [3.8, 4) is 0 Å². The van der Waals surface area contributed by atoms with Crippen LogP contribution in [-0.4, -0.2) is 61.9 Å². The molecule has 0 heterocycles. The molecule has 0 aliphatic carbocycles. The van der Waals surface area contributed by atoms with Crippen LogP contribution in [0.1, 0.15) is 12.5 Å². The minimum Gasteiger partial charge on any atom is -0.469 e. The van der Waals surface area contributed by atoms with E-state index in [0.29, 0.717) is 18.2 Å². The van der Waals surface area contributed by atoms with Gasteiger partial charge in [-0.25, -0.2) is 0 Å². The fourth-order valence-corrected chi connectivity index (χ4v) is 2.28. The van der Waals surface area contributed by atoms with E-state index in [1.165, 1.54) is 7.11 Å². The molecule has 0 fully saturated rings. The first-order valence-corrected chi connectivity index (χ1v) is 8.14. The highest BCUT2D eigenvalue weighted by atomic mass is 35.5. The summed E-state index contributed by atoms with van der Waals surface area (Å²) in [5.74, 6) is -0.904. The predicted molar refractivity (Wildman–Crippen MR) is 90.8 cm³/mol. The number of esters is 1. The van der Waals surface area contributed by atoms with Gasteiger partial charge in [0, 0.05) is 18.1 Å². The first-order valence-electron chi connectivity index (χ1n) is 7.76. The number of amides is 1. The lowest BCUT2D eigenvalue weighted by molar-refractivity contribution is -0.146. The molecule has 24 heavy (non-hydrogen) atoms. The molecule has 1 N–H and O–H groups in total. The van der Waals surface area contributed by atoms with E-state index >= 15 is 0 Å². The van der Waals surface area contributed by atoms with Gasteiger partial charge in [0.25, 0.3) is 0 Å². The zero-order valence-corrected chi connectivity index (χ0v) is 14.8. The molecule has 0 aliphatic rings. The van der Waals surface area contributed by atoms with Gasteiger partial charge in [-0.3, -0.25) is 9.59 Å². The second kappa shape index (κ2) is 11.0. The fourth-order valence-electron chi connectivity index (χ4n) is 2.15. The van der Waals surface area contributed by atoms with E-state index in [-0.39, 0.29) is 38.1 Å². The van der Waals surface area contributed by atoms with Crippen LogP contribution in [0.4, 0.5) is 0 Å². The molecule has 1 atom stereocenters. The Morgan fingerprint density at radius 3 is 2.50 bits per heavy atom. The highest BCUT2D eigenvalue weighted by Crippen LogP contribution is 2.12. The Balaban J connectivity index is 2.68. The van der Waals surface area contributed by atoms with E-state index < -0.39 is 5.92 Å². The largest absolute Gasteiger partial charge is 0.469 e. The number of hydrogen-bond donors (Lipinski definition) is 1. The molecular weight excluding hydrogens is 334 g/mol. The van der Waals surface area contributed by atoms with Crippen molar-refractivity contribution in [3.63, 3.8) is 0 Å². The zero-order chi connectivity index (χ0) is 17.9. The molecule has 0 aromatic heterocycles. The van der Waals surface area contributed by atoms with Crippen molar-refractivity contribution in [2.75, 3.05) is 40.0 Å². The number of rotatable bonds is 10. The molecule has 1 aromatic carbocycles. The van der Waals surface area contributed by atoms with E-state index in [4.69, 9.17) is 26.2 Å². The summed E-state index contributed by atoms with van der Waals surface area (Å²) < 4.78 is 9.93. The SMILES string of the molecule is COC(=O)C(C)CN(CCOCCO)C(=O)Cc1ccc(Cl)cc1. The van der Waals surface area contributed by atoms with Crippen LogP contribution >= 0.6 is 11.6 Å². The molecule has 134 valence electrons. The van der Waals surface area contributed by atoms with Crippen LogP contribution in [0.3, 0.4) is 0 Å². The molecule has 1 unspecified atom stereocenters. The Morgan fingerprint density at radius 1 is 1.25 bits per heavy atom. The summed E-state index contributed by atoms with van der Waals surface area (Å²) in [4.78, 5) is 25.7. The summed E-state index contributed by atoms with van der Waals surface area (Å²) in [5, 5.41) is 9.34. The maximum atomic E-state index is 12.5. The number of hydrogen-bond acceptors (Lipinski definition) is 5. The number of nitrogens with zero attached hydrogens (tertiary/aromatic N) is 1. The van der Waals surface area contributed by atoms with Gasteiger partial charge in [-0.1, -0.05) is 30.7 Å². The topological polar surface area (TPSA) is 76.1 Å². The van der Waals surface area contributed by atoms with Crippen molar-refractivity contribution in [1.29, 1.82) is 0 Å². The van der Waals surface area contributed by atoms with Crippen molar-refractivity contribution < 1.29 is 24.2 Å².